The zero-order valence-corrected chi connectivity index (χ0v) is 16.7. The number of aryl methyl sites for hydroxylation is 1. The Bertz CT molecular complexity index is 980. The van der Waals surface area contributed by atoms with Gasteiger partial charge in [0.05, 0.1) is 10.6 Å². The molecular formula is C18H13ClF3N3OS2. The Hall–Kier alpha value is -2.10. The van der Waals surface area contributed by atoms with Gasteiger partial charge in [-0.2, -0.15) is 13.2 Å². The molecule has 0 spiro atoms. The van der Waals surface area contributed by atoms with Gasteiger partial charge < -0.3 is 5.32 Å². The van der Waals surface area contributed by atoms with Crippen molar-refractivity contribution >= 4 is 46.3 Å². The standard InChI is InChI=1S/C18H13ClF3N3OS2/c1-10-24-25-17(27-10)28-15(11-5-3-2-4-6-11)16(26)23-12-7-8-14(19)13(9-12)18(20,21)22/h2-9,15H,1H3,(H,23,26). The van der Waals surface area contributed by atoms with Gasteiger partial charge in [-0.05, 0) is 30.7 Å². The second kappa shape index (κ2) is 8.50. The van der Waals surface area contributed by atoms with Crippen molar-refractivity contribution in [3.05, 3.63) is 69.7 Å². The van der Waals surface area contributed by atoms with Gasteiger partial charge >= 0.3 is 6.18 Å². The highest BCUT2D eigenvalue weighted by Crippen LogP contribution is 2.39. The van der Waals surface area contributed by atoms with Crippen LogP contribution in [0.1, 0.15) is 21.4 Å². The van der Waals surface area contributed by atoms with Gasteiger partial charge in [-0.3, -0.25) is 4.79 Å². The van der Waals surface area contributed by atoms with Crippen molar-refractivity contribution in [2.45, 2.75) is 22.7 Å². The van der Waals surface area contributed by atoms with E-state index in [0.717, 1.165) is 17.1 Å². The quantitative estimate of drug-likeness (QED) is 0.492. The van der Waals surface area contributed by atoms with Gasteiger partial charge in [0.2, 0.25) is 5.91 Å². The largest absolute Gasteiger partial charge is 0.417 e. The molecule has 0 saturated heterocycles. The van der Waals surface area contributed by atoms with Crippen molar-refractivity contribution in [2.75, 3.05) is 5.32 Å². The lowest BCUT2D eigenvalue weighted by atomic mass is 10.1. The smallest absolute Gasteiger partial charge is 0.325 e. The van der Waals surface area contributed by atoms with E-state index in [1.165, 1.54) is 29.2 Å². The molecule has 10 heteroatoms. The normalized spacial score (nSPS) is 12.6. The molecule has 1 heterocycles. The van der Waals surface area contributed by atoms with Gasteiger partial charge in [0.1, 0.15) is 10.3 Å². The van der Waals surface area contributed by atoms with E-state index in [9.17, 15) is 18.0 Å². The summed E-state index contributed by atoms with van der Waals surface area (Å²) in [5.74, 6) is -0.473. The van der Waals surface area contributed by atoms with Crippen molar-refractivity contribution < 1.29 is 18.0 Å². The molecule has 0 bridgehead atoms. The van der Waals surface area contributed by atoms with Gasteiger partial charge in [0.15, 0.2) is 4.34 Å². The van der Waals surface area contributed by atoms with E-state index in [0.29, 0.717) is 9.90 Å². The number of nitrogens with zero attached hydrogens (tertiary/aromatic N) is 2. The van der Waals surface area contributed by atoms with Crippen molar-refractivity contribution in [3.8, 4) is 0 Å². The number of halogens is 4. The summed E-state index contributed by atoms with van der Waals surface area (Å²) in [7, 11) is 0. The number of anilines is 1. The highest BCUT2D eigenvalue weighted by molar-refractivity contribution is 8.01. The molecule has 28 heavy (non-hydrogen) atoms. The Kier molecular flexibility index (Phi) is 6.26. The number of aromatic nitrogens is 2. The fourth-order valence-electron chi connectivity index (χ4n) is 2.36. The van der Waals surface area contributed by atoms with E-state index in [1.54, 1.807) is 31.2 Å². The van der Waals surface area contributed by atoms with Crippen LogP contribution in [0.4, 0.5) is 18.9 Å². The van der Waals surface area contributed by atoms with Crippen LogP contribution in [0.15, 0.2) is 52.9 Å². The highest BCUT2D eigenvalue weighted by atomic mass is 35.5. The molecule has 0 aliphatic rings. The van der Waals surface area contributed by atoms with Crippen LogP contribution in [-0.2, 0) is 11.0 Å². The van der Waals surface area contributed by atoms with Crippen molar-refractivity contribution in [1.82, 2.24) is 10.2 Å². The fraction of sp³-hybridized carbons (Fsp3) is 0.167. The van der Waals surface area contributed by atoms with Crippen LogP contribution >= 0.6 is 34.7 Å². The third-order valence-corrected chi connectivity index (χ3v) is 6.11. The summed E-state index contributed by atoms with van der Waals surface area (Å²) < 4.78 is 39.8. The number of hydrogen-bond acceptors (Lipinski definition) is 5. The zero-order valence-electron chi connectivity index (χ0n) is 14.3. The van der Waals surface area contributed by atoms with Crippen molar-refractivity contribution in [2.24, 2.45) is 0 Å². The third kappa shape index (κ3) is 5.03. The number of alkyl halides is 3. The molecule has 0 aliphatic carbocycles. The molecule has 0 aliphatic heterocycles. The Morgan fingerprint density at radius 2 is 1.89 bits per heavy atom. The summed E-state index contributed by atoms with van der Waals surface area (Å²) >= 11 is 8.16. The molecule has 1 N–H and O–H groups in total. The van der Waals surface area contributed by atoms with Crippen LogP contribution in [0, 0.1) is 6.92 Å². The number of amides is 1. The molecule has 1 atom stereocenters. The Morgan fingerprint density at radius 3 is 2.50 bits per heavy atom. The molecule has 146 valence electrons. The summed E-state index contributed by atoms with van der Waals surface area (Å²) in [5, 5.41) is 10.1. The zero-order chi connectivity index (χ0) is 20.3. The summed E-state index contributed by atoms with van der Waals surface area (Å²) in [6, 6.07) is 12.2. The SMILES string of the molecule is Cc1nnc(SC(C(=O)Nc2ccc(Cl)c(C(F)(F)F)c2)c2ccccc2)s1. The van der Waals surface area contributed by atoms with Gasteiger partial charge in [-0.25, -0.2) is 0 Å². The molecule has 0 radical (unpaired) electrons. The average Bonchev–Trinajstić information content (AvgIpc) is 3.06. The number of hydrogen-bond donors (Lipinski definition) is 1. The molecule has 2 aromatic carbocycles. The van der Waals surface area contributed by atoms with E-state index >= 15 is 0 Å². The van der Waals surface area contributed by atoms with Gasteiger partial charge in [0, 0.05) is 5.69 Å². The second-order valence-electron chi connectivity index (χ2n) is 5.68. The van der Waals surface area contributed by atoms with Crippen LogP contribution in [0.5, 0.6) is 0 Å². The molecule has 1 amide bonds. The Labute approximate surface area is 172 Å². The lowest BCUT2D eigenvalue weighted by Gasteiger charge is -2.17. The number of carbonyl (C=O) groups excluding carboxylic acids is 1. The molecule has 3 aromatic rings. The van der Waals surface area contributed by atoms with E-state index < -0.39 is 27.9 Å². The average molecular weight is 444 g/mol. The fourth-order valence-corrected chi connectivity index (χ4v) is 4.59. The van der Waals surface area contributed by atoms with Crippen LogP contribution in [0.2, 0.25) is 5.02 Å². The number of rotatable bonds is 5. The Balaban J connectivity index is 1.87. The first kappa shape index (κ1) is 20.6. The molecule has 0 saturated carbocycles. The van der Waals surface area contributed by atoms with Gasteiger partial charge in [-0.15, -0.1) is 10.2 Å². The highest BCUT2D eigenvalue weighted by Gasteiger charge is 2.33. The van der Waals surface area contributed by atoms with Crippen molar-refractivity contribution in [1.29, 1.82) is 0 Å². The summed E-state index contributed by atoms with van der Waals surface area (Å²) in [6.45, 7) is 1.80. The summed E-state index contributed by atoms with van der Waals surface area (Å²) in [5.41, 5.74) is -0.296. The third-order valence-electron chi connectivity index (χ3n) is 3.61. The van der Waals surface area contributed by atoms with Crippen LogP contribution in [0.3, 0.4) is 0 Å². The molecule has 3 rings (SSSR count). The van der Waals surface area contributed by atoms with Crippen molar-refractivity contribution in [3.63, 3.8) is 0 Å². The maximum atomic E-state index is 13.1. The van der Waals surface area contributed by atoms with E-state index in [-0.39, 0.29) is 5.69 Å². The summed E-state index contributed by atoms with van der Waals surface area (Å²) in [4.78, 5) is 12.9. The van der Waals surface area contributed by atoms with Gasteiger partial charge in [-0.1, -0.05) is 65.0 Å². The predicted molar refractivity (Wildman–Crippen MR) is 105 cm³/mol. The number of thioether (sulfide) groups is 1. The maximum Gasteiger partial charge on any atom is 0.417 e. The van der Waals surface area contributed by atoms with Crippen LogP contribution in [-0.4, -0.2) is 16.1 Å². The molecule has 1 aromatic heterocycles. The topological polar surface area (TPSA) is 54.9 Å². The van der Waals surface area contributed by atoms with Gasteiger partial charge in [0.25, 0.3) is 0 Å². The minimum Gasteiger partial charge on any atom is -0.325 e. The summed E-state index contributed by atoms with van der Waals surface area (Å²) in [6.07, 6.45) is -4.62. The maximum absolute atomic E-state index is 13.1. The Morgan fingerprint density at radius 1 is 1.18 bits per heavy atom. The van der Waals surface area contributed by atoms with Crippen LogP contribution < -0.4 is 5.32 Å². The molecule has 1 unspecified atom stereocenters. The van der Waals surface area contributed by atoms with Crippen LogP contribution in [0.25, 0.3) is 0 Å². The lowest BCUT2D eigenvalue weighted by molar-refractivity contribution is -0.137. The van der Waals surface area contributed by atoms with E-state index in [1.807, 2.05) is 6.07 Å². The first-order chi connectivity index (χ1) is 13.2. The number of nitrogens with one attached hydrogen (secondary N) is 1. The minimum atomic E-state index is -4.62. The molecule has 0 fully saturated rings. The van der Waals surface area contributed by atoms with E-state index in [2.05, 4.69) is 15.5 Å². The second-order valence-corrected chi connectivity index (χ2v) is 8.62. The lowest BCUT2D eigenvalue weighted by Crippen LogP contribution is -2.19. The first-order valence-corrected chi connectivity index (χ1v) is 10.0. The minimum absolute atomic E-state index is 0.0108. The molecular weight excluding hydrogens is 431 g/mol. The monoisotopic (exact) mass is 443 g/mol. The van der Waals surface area contributed by atoms with E-state index in [4.69, 9.17) is 11.6 Å². The first-order valence-electron chi connectivity index (χ1n) is 7.93. The number of carbonyl (C=O) groups is 1. The number of benzene rings is 2. The molecule has 4 nitrogen and oxygen atoms in total. The predicted octanol–water partition coefficient (Wildman–Crippen LogP) is 5.99.